The average molecular weight is 445 g/mol. The lowest BCUT2D eigenvalue weighted by Crippen LogP contribution is -2.44. The van der Waals surface area contributed by atoms with Gasteiger partial charge in [-0.05, 0) is 35.9 Å². The highest BCUT2D eigenvalue weighted by atomic mass is 19.4. The van der Waals surface area contributed by atoms with Crippen molar-refractivity contribution < 1.29 is 22.3 Å². The summed E-state index contributed by atoms with van der Waals surface area (Å²) >= 11 is 0. The van der Waals surface area contributed by atoms with Gasteiger partial charge in [0, 0.05) is 24.9 Å². The van der Waals surface area contributed by atoms with Gasteiger partial charge in [-0.1, -0.05) is 12.1 Å². The first-order valence-electron chi connectivity index (χ1n) is 9.64. The van der Waals surface area contributed by atoms with E-state index in [0.29, 0.717) is 18.3 Å². The summed E-state index contributed by atoms with van der Waals surface area (Å²) in [6, 6.07) is 9.98. The van der Waals surface area contributed by atoms with E-state index in [-0.39, 0.29) is 23.8 Å². The summed E-state index contributed by atoms with van der Waals surface area (Å²) in [5.41, 5.74) is 0.0700. The van der Waals surface area contributed by atoms with Gasteiger partial charge in [-0.15, -0.1) is 0 Å². The molecule has 166 valence electrons. The number of fused-ring (bicyclic) bond motifs is 1. The molecule has 2 aromatic rings. The monoisotopic (exact) mass is 445 g/mol. The maximum atomic E-state index is 13.6. The molecule has 0 radical (unpaired) electrons. The van der Waals surface area contributed by atoms with Crippen LogP contribution in [0.2, 0.25) is 0 Å². The quantitative estimate of drug-likeness (QED) is 0.649. The minimum absolute atomic E-state index is 0.0151. The molecule has 6 nitrogen and oxygen atoms in total. The molecular formula is C22H19F4N5O. The number of aliphatic imine (C=N–C) groups is 1. The topological polar surface area (TPSA) is 75.8 Å². The number of rotatable bonds is 4. The Morgan fingerprint density at radius 2 is 1.84 bits per heavy atom. The maximum Gasteiger partial charge on any atom is 0.419 e. The number of benzene rings is 2. The van der Waals surface area contributed by atoms with Crippen LogP contribution in [0.15, 0.2) is 59.4 Å². The van der Waals surface area contributed by atoms with E-state index in [2.05, 4.69) is 4.99 Å². The molecule has 0 amide bonds. The van der Waals surface area contributed by atoms with E-state index in [9.17, 15) is 17.6 Å². The number of hydrogen-bond acceptors (Lipinski definition) is 4. The summed E-state index contributed by atoms with van der Waals surface area (Å²) in [7, 11) is 1.58. The molecule has 0 aliphatic carbocycles. The standard InChI is InChI=1S/C22H19F4N5O/c1-32-15-5-2-13(3-6-15)10-30-11-19-16(9-20(30)27)21(28)31(12-29-19)14-4-7-18(23)17(8-14)22(24,25)26/h2-8,11-12,16,27-28H,9-10H2,1H3. The zero-order valence-corrected chi connectivity index (χ0v) is 16.9. The Morgan fingerprint density at radius 3 is 2.50 bits per heavy atom. The Balaban J connectivity index is 1.59. The van der Waals surface area contributed by atoms with E-state index in [4.69, 9.17) is 15.6 Å². The molecule has 0 aromatic heterocycles. The second-order valence-corrected chi connectivity index (χ2v) is 7.40. The third kappa shape index (κ3) is 4.08. The number of ether oxygens (including phenoxy) is 1. The van der Waals surface area contributed by atoms with Crippen LogP contribution in [0.5, 0.6) is 5.75 Å². The lowest BCUT2D eigenvalue weighted by atomic mass is 9.93. The lowest BCUT2D eigenvalue weighted by molar-refractivity contribution is -0.139. The highest BCUT2D eigenvalue weighted by Gasteiger charge is 2.37. The highest BCUT2D eigenvalue weighted by Crippen LogP contribution is 2.36. The predicted molar refractivity (Wildman–Crippen MR) is 113 cm³/mol. The van der Waals surface area contributed by atoms with Gasteiger partial charge in [-0.3, -0.25) is 15.7 Å². The van der Waals surface area contributed by atoms with Crippen LogP contribution in [0.25, 0.3) is 0 Å². The van der Waals surface area contributed by atoms with E-state index in [0.717, 1.165) is 17.4 Å². The van der Waals surface area contributed by atoms with Gasteiger partial charge in [-0.2, -0.15) is 13.2 Å². The van der Waals surface area contributed by atoms with Gasteiger partial charge in [0.1, 0.15) is 29.6 Å². The van der Waals surface area contributed by atoms with E-state index in [1.807, 2.05) is 24.3 Å². The Labute approximate surface area is 181 Å². The summed E-state index contributed by atoms with van der Waals surface area (Å²) in [5.74, 6) is -1.01. The van der Waals surface area contributed by atoms with Crippen molar-refractivity contribution in [2.24, 2.45) is 10.9 Å². The molecule has 2 aliphatic heterocycles. The number of halogens is 4. The minimum atomic E-state index is -4.85. The molecule has 2 heterocycles. The zero-order chi connectivity index (χ0) is 23.0. The summed E-state index contributed by atoms with van der Waals surface area (Å²) in [5, 5.41) is 16.9. The van der Waals surface area contributed by atoms with Crippen LogP contribution in [0, 0.1) is 22.6 Å². The van der Waals surface area contributed by atoms with Crippen molar-refractivity contribution in [3.8, 4) is 5.75 Å². The lowest BCUT2D eigenvalue weighted by Gasteiger charge is -2.37. The van der Waals surface area contributed by atoms with Gasteiger partial charge >= 0.3 is 6.18 Å². The summed E-state index contributed by atoms with van der Waals surface area (Å²) in [6.45, 7) is 0.429. The van der Waals surface area contributed by atoms with E-state index in [1.165, 1.54) is 17.3 Å². The van der Waals surface area contributed by atoms with Crippen molar-refractivity contribution in [2.45, 2.75) is 19.1 Å². The first-order chi connectivity index (χ1) is 15.2. The molecule has 2 N–H and O–H groups in total. The van der Waals surface area contributed by atoms with Crippen LogP contribution >= 0.6 is 0 Å². The van der Waals surface area contributed by atoms with Crippen molar-refractivity contribution in [2.75, 3.05) is 12.0 Å². The Hall–Kier alpha value is -3.69. The van der Waals surface area contributed by atoms with Crippen LogP contribution in [-0.4, -0.2) is 30.0 Å². The largest absolute Gasteiger partial charge is 0.497 e. The highest BCUT2D eigenvalue weighted by molar-refractivity contribution is 6.14. The molecule has 2 aliphatic rings. The van der Waals surface area contributed by atoms with Crippen molar-refractivity contribution in [1.29, 1.82) is 10.8 Å². The average Bonchev–Trinajstić information content (AvgIpc) is 2.75. The van der Waals surface area contributed by atoms with Crippen molar-refractivity contribution >= 4 is 23.7 Å². The minimum Gasteiger partial charge on any atom is -0.497 e. The van der Waals surface area contributed by atoms with E-state index in [1.54, 1.807) is 18.2 Å². The van der Waals surface area contributed by atoms with Crippen LogP contribution in [0.3, 0.4) is 0 Å². The number of methoxy groups -OCH3 is 1. The van der Waals surface area contributed by atoms with Gasteiger partial charge in [0.05, 0.1) is 24.3 Å². The first-order valence-corrected chi connectivity index (χ1v) is 9.64. The fourth-order valence-corrected chi connectivity index (χ4v) is 3.61. The second-order valence-electron chi connectivity index (χ2n) is 7.40. The zero-order valence-electron chi connectivity index (χ0n) is 16.9. The summed E-state index contributed by atoms with van der Waals surface area (Å²) in [6.07, 6.45) is -1.76. The molecule has 0 saturated heterocycles. The smallest absolute Gasteiger partial charge is 0.419 e. The number of alkyl halides is 3. The predicted octanol–water partition coefficient (Wildman–Crippen LogP) is 5.02. The normalized spacial score (nSPS) is 18.5. The van der Waals surface area contributed by atoms with Crippen LogP contribution in [0.1, 0.15) is 17.5 Å². The Kier molecular flexibility index (Phi) is 5.45. The first kappa shape index (κ1) is 21.5. The summed E-state index contributed by atoms with van der Waals surface area (Å²) < 4.78 is 58.0. The molecule has 10 heteroatoms. The molecule has 0 spiro atoms. The molecule has 0 saturated carbocycles. The van der Waals surface area contributed by atoms with Crippen molar-refractivity contribution in [1.82, 2.24) is 4.90 Å². The van der Waals surface area contributed by atoms with Crippen LogP contribution < -0.4 is 9.64 Å². The SMILES string of the molecule is COc1ccc(CN2C=C3N=CN(c4ccc(F)c(C(F)(F)F)c4)C(=N)C3CC2=N)cc1. The van der Waals surface area contributed by atoms with E-state index >= 15 is 0 Å². The van der Waals surface area contributed by atoms with Crippen molar-refractivity contribution in [3.05, 3.63) is 71.3 Å². The van der Waals surface area contributed by atoms with Crippen LogP contribution in [0.4, 0.5) is 23.2 Å². The molecule has 1 unspecified atom stereocenters. The third-order valence-corrected chi connectivity index (χ3v) is 5.35. The number of hydrogen-bond donors (Lipinski definition) is 2. The van der Waals surface area contributed by atoms with Gasteiger partial charge in [0.2, 0.25) is 0 Å². The molecular weight excluding hydrogens is 426 g/mol. The van der Waals surface area contributed by atoms with Gasteiger partial charge in [-0.25, -0.2) is 9.38 Å². The van der Waals surface area contributed by atoms with Crippen molar-refractivity contribution in [3.63, 3.8) is 0 Å². The number of nitrogens with zero attached hydrogens (tertiary/aromatic N) is 3. The Morgan fingerprint density at radius 1 is 1.12 bits per heavy atom. The Bertz CT molecular complexity index is 1120. The maximum absolute atomic E-state index is 13.6. The van der Waals surface area contributed by atoms with Crippen LogP contribution in [-0.2, 0) is 12.7 Å². The van der Waals surface area contributed by atoms with Gasteiger partial charge < -0.3 is 9.64 Å². The third-order valence-electron chi connectivity index (χ3n) is 5.35. The fourth-order valence-electron chi connectivity index (χ4n) is 3.61. The number of anilines is 1. The molecule has 2 aromatic carbocycles. The van der Waals surface area contributed by atoms with E-state index < -0.39 is 23.5 Å². The van der Waals surface area contributed by atoms with Gasteiger partial charge in [0.15, 0.2) is 0 Å². The fraction of sp³-hybridized carbons (Fsp3) is 0.227. The number of amidine groups is 2. The number of nitrogens with one attached hydrogen (secondary N) is 2. The second kappa shape index (κ2) is 8.10. The summed E-state index contributed by atoms with van der Waals surface area (Å²) in [4.78, 5) is 7.21. The molecule has 0 bridgehead atoms. The molecule has 4 rings (SSSR count). The molecule has 1 atom stereocenters. The molecule has 0 fully saturated rings. The molecule has 32 heavy (non-hydrogen) atoms. The van der Waals surface area contributed by atoms with Gasteiger partial charge in [0.25, 0.3) is 0 Å².